The molecule has 0 radical (unpaired) electrons. The van der Waals surface area contributed by atoms with Gasteiger partial charge in [-0.1, -0.05) is 36.1 Å². The average molecular weight is 476 g/mol. The number of furan rings is 1. The normalized spacial score (nSPS) is 15.6. The molecule has 6 nitrogen and oxygen atoms in total. The first kappa shape index (κ1) is 21.8. The lowest BCUT2D eigenvalue weighted by Gasteiger charge is -2.13. The molecule has 4 rings (SSSR count). The van der Waals surface area contributed by atoms with Crippen molar-refractivity contribution in [2.24, 2.45) is 0 Å². The van der Waals surface area contributed by atoms with E-state index in [0.717, 1.165) is 23.9 Å². The van der Waals surface area contributed by atoms with Gasteiger partial charge >= 0.3 is 6.18 Å². The van der Waals surface area contributed by atoms with E-state index in [4.69, 9.17) is 16.6 Å². The van der Waals surface area contributed by atoms with Gasteiger partial charge in [-0.05, 0) is 36.4 Å². The van der Waals surface area contributed by atoms with E-state index in [2.05, 4.69) is 0 Å². The molecule has 0 spiro atoms. The molecule has 11 heteroatoms. The van der Waals surface area contributed by atoms with Crippen LogP contribution in [0.4, 0.5) is 24.5 Å². The molecule has 2 aromatic carbocycles. The molecule has 32 heavy (non-hydrogen) atoms. The number of thioether (sulfide) groups is 1. The fraction of sp³-hybridized carbons (Fsp3) is 0.0476. The molecule has 1 fully saturated rings. The lowest BCUT2D eigenvalue weighted by atomic mass is 10.1. The van der Waals surface area contributed by atoms with Crippen molar-refractivity contribution in [3.05, 3.63) is 87.0 Å². The van der Waals surface area contributed by atoms with Crippen LogP contribution in [-0.2, 0) is 11.0 Å². The van der Waals surface area contributed by atoms with Gasteiger partial charge in [-0.15, -0.1) is 0 Å². The molecule has 0 N–H and O–H groups in total. The number of amides is 1. The Morgan fingerprint density at radius 2 is 1.81 bits per heavy atom. The number of halogens is 3. The number of rotatable bonds is 4. The molecule has 1 amide bonds. The molecule has 1 aliphatic heterocycles. The number of nitro groups is 1. The Balaban J connectivity index is 1.58. The highest BCUT2D eigenvalue weighted by Gasteiger charge is 2.34. The van der Waals surface area contributed by atoms with Crippen LogP contribution in [0.25, 0.3) is 17.4 Å². The van der Waals surface area contributed by atoms with Gasteiger partial charge in [-0.25, -0.2) is 0 Å². The standard InChI is InChI=1S/C21H11F3N2O4S2/c22-21(23,24)13-3-1-2-12(10-13)17-9-8-16(30-17)11-18-19(27)25(20(31)32-18)14-4-6-15(7-5-14)26(28)29/h1-11H/b18-11-. The zero-order valence-electron chi connectivity index (χ0n) is 15.8. The molecular formula is C21H11F3N2O4S2. The molecule has 1 aromatic heterocycles. The third-order valence-electron chi connectivity index (χ3n) is 4.49. The van der Waals surface area contributed by atoms with Crippen molar-refractivity contribution in [3.63, 3.8) is 0 Å². The minimum atomic E-state index is -4.47. The maximum Gasteiger partial charge on any atom is 0.416 e. The van der Waals surface area contributed by atoms with E-state index in [0.29, 0.717) is 5.69 Å². The molecule has 162 valence electrons. The molecule has 1 aliphatic rings. The number of nitrogens with zero attached hydrogens (tertiary/aromatic N) is 2. The summed E-state index contributed by atoms with van der Waals surface area (Å²) >= 11 is 6.28. The molecule has 0 aliphatic carbocycles. The SMILES string of the molecule is O=C1/C(=C/c2ccc(-c3cccc(C(F)(F)F)c3)o2)SC(=S)N1c1ccc([N+](=O)[O-])cc1. The number of non-ortho nitro benzene ring substituents is 1. The first-order valence-electron chi connectivity index (χ1n) is 8.93. The minimum absolute atomic E-state index is 0.118. The van der Waals surface area contributed by atoms with Crippen LogP contribution < -0.4 is 4.90 Å². The number of benzene rings is 2. The first-order chi connectivity index (χ1) is 15.1. The second kappa shape index (κ2) is 8.24. The Bertz CT molecular complexity index is 1270. The number of nitro benzene ring substituents is 1. The predicted octanol–water partition coefficient (Wildman–Crippen LogP) is 6.28. The van der Waals surface area contributed by atoms with E-state index in [9.17, 15) is 28.1 Å². The smallest absolute Gasteiger partial charge is 0.416 e. The summed E-state index contributed by atoms with van der Waals surface area (Å²) in [5, 5.41) is 10.8. The number of hydrogen-bond donors (Lipinski definition) is 0. The van der Waals surface area contributed by atoms with Crippen LogP contribution in [0.3, 0.4) is 0 Å². The van der Waals surface area contributed by atoms with E-state index in [1.165, 1.54) is 59.5 Å². The van der Waals surface area contributed by atoms with Crippen molar-refractivity contribution in [3.8, 4) is 11.3 Å². The summed E-state index contributed by atoms with van der Waals surface area (Å²) in [6.45, 7) is 0. The topological polar surface area (TPSA) is 76.6 Å². The van der Waals surface area contributed by atoms with Gasteiger partial charge in [0, 0.05) is 23.8 Å². The largest absolute Gasteiger partial charge is 0.457 e. The number of hydrogen-bond acceptors (Lipinski definition) is 6. The summed E-state index contributed by atoms with van der Waals surface area (Å²) in [5.74, 6) is 0.0423. The van der Waals surface area contributed by atoms with E-state index in [1.54, 1.807) is 0 Å². The summed E-state index contributed by atoms with van der Waals surface area (Å²) in [7, 11) is 0. The van der Waals surface area contributed by atoms with Crippen molar-refractivity contribution in [1.29, 1.82) is 0 Å². The third-order valence-corrected chi connectivity index (χ3v) is 5.79. The lowest BCUT2D eigenvalue weighted by molar-refractivity contribution is -0.384. The zero-order valence-corrected chi connectivity index (χ0v) is 17.5. The van der Waals surface area contributed by atoms with Crippen molar-refractivity contribution < 1.29 is 27.3 Å². The molecule has 3 aromatic rings. The van der Waals surface area contributed by atoms with Crippen LogP contribution in [0.5, 0.6) is 0 Å². The Morgan fingerprint density at radius 1 is 1.09 bits per heavy atom. The van der Waals surface area contributed by atoms with Crippen LogP contribution >= 0.6 is 24.0 Å². The van der Waals surface area contributed by atoms with Crippen molar-refractivity contribution in [2.75, 3.05) is 4.90 Å². The Kier molecular flexibility index (Phi) is 5.61. The van der Waals surface area contributed by atoms with Crippen molar-refractivity contribution >= 4 is 51.7 Å². The molecule has 0 saturated carbocycles. The van der Waals surface area contributed by atoms with E-state index < -0.39 is 22.6 Å². The molecule has 0 atom stereocenters. The fourth-order valence-corrected chi connectivity index (χ4v) is 4.26. The van der Waals surface area contributed by atoms with Gasteiger partial charge in [0.05, 0.1) is 21.1 Å². The van der Waals surface area contributed by atoms with Crippen LogP contribution in [0.1, 0.15) is 11.3 Å². The highest BCUT2D eigenvalue weighted by Crippen LogP contribution is 2.37. The maximum absolute atomic E-state index is 12.9. The monoisotopic (exact) mass is 476 g/mol. The van der Waals surface area contributed by atoms with Gasteiger partial charge in [-0.3, -0.25) is 19.8 Å². The second-order valence-corrected chi connectivity index (χ2v) is 8.25. The fourth-order valence-electron chi connectivity index (χ4n) is 2.98. The van der Waals surface area contributed by atoms with E-state index >= 15 is 0 Å². The quantitative estimate of drug-likeness (QED) is 0.191. The van der Waals surface area contributed by atoms with Crippen LogP contribution in [0.15, 0.2) is 70.0 Å². The molecular weight excluding hydrogens is 465 g/mol. The Labute approximate surface area is 188 Å². The van der Waals surface area contributed by atoms with Crippen molar-refractivity contribution in [2.45, 2.75) is 6.18 Å². The van der Waals surface area contributed by atoms with Gasteiger partial charge in [0.25, 0.3) is 11.6 Å². The lowest BCUT2D eigenvalue weighted by Crippen LogP contribution is -2.27. The summed E-state index contributed by atoms with van der Waals surface area (Å²) in [4.78, 5) is 24.6. The van der Waals surface area contributed by atoms with Gasteiger partial charge < -0.3 is 4.42 Å². The highest BCUT2D eigenvalue weighted by molar-refractivity contribution is 8.27. The number of alkyl halides is 3. The Morgan fingerprint density at radius 3 is 2.47 bits per heavy atom. The highest BCUT2D eigenvalue weighted by atomic mass is 32.2. The summed E-state index contributed by atoms with van der Waals surface area (Å²) in [6.07, 6.45) is -3.03. The summed E-state index contributed by atoms with van der Waals surface area (Å²) in [6, 6.07) is 13.2. The third kappa shape index (κ3) is 4.30. The van der Waals surface area contributed by atoms with Crippen LogP contribution in [-0.4, -0.2) is 15.2 Å². The predicted molar refractivity (Wildman–Crippen MR) is 118 cm³/mol. The van der Waals surface area contributed by atoms with E-state index in [1.807, 2.05) is 0 Å². The van der Waals surface area contributed by atoms with Crippen molar-refractivity contribution in [1.82, 2.24) is 0 Å². The van der Waals surface area contributed by atoms with Gasteiger partial charge in [0.1, 0.15) is 11.5 Å². The number of carbonyl (C=O) groups excluding carboxylic acids is 1. The first-order valence-corrected chi connectivity index (χ1v) is 10.2. The molecule has 2 heterocycles. The molecule has 1 saturated heterocycles. The average Bonchev–Trinajstić information content (AvgIpc) is 3.32. The van der Waals surface area contributed by atoms with Crippen LogP contribution in [0.2, 0.25) is 0 Å². The summed E-state index contributed by atoms with van der Waals surface area (Å²) in [5.41, 5.74) is -0.284. The van der Waals surface area contributed by atoms with E-state index in [-0.39, 0.29) is 32.0 Å². The molecule has 0 unspecified atom stereocenters. The molecule has 0 bridgehead atoms. The number of anilines is 1. The van der Waals surface area contributed by atoms with Gasteiger partial charge in [0.2, 0.25) is 0 Å². The second-order valence-electron chi connectivity index (χ2n) is 6.57. The van der Waals surface area contributed by atoms with Gasteiger partial charge in [-0.2, -0.15) is 13.2 Å². The minimum Gasteiger partial charge on any atom is -0.457 e. The van der Waals surface area contributed by atoms with Crippen LogP contribution in [0, 0.1) is 10.1 Å². The number of thiocarbonyl (C=S) groups is 1. The zero-order chi connectivity index (χ0) is 23.0. The summed E-state index contributed by atoms with van der Waals surface area (Å²) < 4.78 is 44.7. The Hall–Kier alpha value is -3.44. The van der Waals surface area contributed by atoms with Gasteiger partial charge in [0.15, 0.2) is 4.32 Å². The maximum atomic E-state index is 12.9. The number of carbonyl (C=O) groups is 1.